The monoisotopic (exact) mass is 272 g/mol. The number of hydrogen-bond acceptors (Lipinski definition) is 2. The Kier molecular flexibility index (Phi) is 3.74. The molecule has 0 saturated heterocycles. The van der Waals surface area contributed by atoms with Crippen molar-refractivity contribution >= 4 is 16.9 Å². The van der Waals surface area contributed by atoms with E-state index in [0.717, 1.165) is 18.4 Å². The molecule has 0 aliphatic heterocycles. The molecular formula is C16H20N2O2. The highest BCUT2D eigenvalue weighted by atomic mass is 16.4. The second kappa shape index (κ2) is 5.67. The largest absolute Gasteiger partial charge is 0.480 e. The molecule has 4 nitrogen and oxygen atoms in total. The lowest BCUT2D eigenvalue weighted by Crippen LogP contribution is -2.36. The van der Waals surface area contributed by atoms with Gasteiger partial charge in [-0.2, -0.15) is 0 Å². The van der Waals surface area contributed by atoms with Crippen molar-refractivity contribution in [2.24, 2.45) is 0 Å². The lowest BCUT2D eigenvalue weighted by Gasteiger charge is -2.26. The first kappa shape index (κ1) is 13.2. The Morgan fingerprint density at radius 3 is 2.80 bits per heavy atom. The summed E-state index contributed by atoms with van der Waals surface area (Å²) in [5, 5.41) is 10.3. The van der Waals surface area contributed by atoms with E-state index >= 15 is 0 Å². The van der Waals surface area contributed by atoms with Crippen molar-refractivity contribution in [2.75, 3.05) is 6.54 Å². The number of carbonyl (C=O) groups is 1. The van der Waals surface area contributed by atoms with Crippen LogP contribution in [0.15, 0.2) is 30.5 Å². The van der Waals surface area contributed by atoms with Gasteiger partial charge in [0.15, 0.2) is 0 Å². The van der Waals surface area contributed by atoms with E-state index in [-0.39, 0.29) is 6.54 Å². The van der Waals surface area contributed by atoms with Crippen LogP contribution in [-0.4, -0.2) is 33.5 Å². The molecule has 1 heterocycles. The van der Waals surface area contributed by atoms with Crippen molar-refractivity contribution in [1.82, 2.24) is 9.88 Å². The molecule has 2 aromatic rings. The van der Waals surface area contributed by atoms with Gasteiger partial charge in [0.25, 0.3) is 0 Å². The van der Waals surface area contributed by atoms with Crippen LogP contribution in [0.25, 0.3) is 10.9 Å². The van der Waals surface area contributed by atoms with Crippen LogP contribution in [0.3, 0.4) is 0 Å². The van der Waals surface area contributed by atoms with Gasteiger partial charge >= 0.3 is 5.97 Å². The van der Waals surface area contributed by atoms with Gasteiger partial charge in [-0.3, -0.25) is 9.69 Å². The maximum absolute atomic E-state index is 11.1. The molecule has 3 rings (SSSR count). The minimum Gasteiger partial charge on any atom is -0.480 e. The number of aliphatic carboxylic acids is 1. The molecule has 4 heteroatoms. The number of H-pyrrole nitrogens is 1. The SMILES string of the molecule is O=C(O)CN(Cc1c[nH]c2ccccc12)C1CCCC1. The summed E-state index contributed by atoms with van der Waals surface area (Å²) in [6.07, 6.45) is 6.68. The van der Waals surface area contributed by atoms with E-state index in [1.807, 2.05) is 18.3 Å². The number of carboxylic acid groups (broad SMARTS) is 1. The molecule has 0 bridgehead atoms. The zero-order valence-electron chi connectivity index (χ0n) is 11.5. The summed E-state index contributed by atoms with van der Waals surface area (Å²) >= 11 is 0. The van der Waals surface area contributed by atoms with Crippen LogP contribution in [-0.2, 0) is 11.3 Å². The first-order valence-corrected chi connectivity index (χ1v) is 7.25. The normalized spacial score (nSPS) is 16.2. The van der Waals surface area contributed by atoms with Gasteiger partial charge in [0.2, 0.25) is 0 Å². The fourth-order valence-corrected chi connectivity index (χ4v) is 3.24. The van der Waals surface area contributed by atoms with Crippen molar-refractivity contribution in [2.45, 2.75) is 38.3 Å². The van der Waals surface area contributed by atoms with Gasteiger partial charge in [-0.15, -0.1) is 0 Å². The van der Waals surface area contributed by atoms with Crippen molar-refractivity contribution in [1.29, 1.82) is 0 Å². The van der Waals surface area contributed by atoms with E-state index in [0.29, 0.717) is 12.6 Å². The van der Waals surface area contributed by atoms with Crippen molar-refractivity contribution in [3.63, 3.8) is 0 Å². The Bertz CT molecular complexity index is 599. The molecule has 0 spiro atoms. The number of fused-ring (bicyclic) bond motifs is 1. The first-order valence-electron chi connectivity index (χ1n) is 7.25. The quantitative estimate of drug-likeness (QED) is 0.879. The third-order valence-corrected chi connectivity index (χ3v) is 4.23. The molecule has 1 aliphatic rings. The predicted octanol–water partition coefficient (Wildman–Crippen LogP) is 3.00. The number of rotatable bonds is 5. The summed E-state index contributed by atoms with van der Waals surface area (Å²) < 4.78 is 0. The van der Waals surface area contributed by atoms with Gasteiger partial charge in [-0.1, -0.05) is 31.0 Å². The molecule has 0 radical (unpaired) electrons. The van der Waals surface area contributed by atoms with Crippen LogP contribution >= 0.6 is 0 Å². The molecular weight excluding hydrogens is 252 g/mol. The lowest BCUT2D eigenvalue weighted by molar-refractivity contribution is -0.139. The number of benzene rings is 1. The number of hydrogen-bond donors (Lipinski definition) is 2. The van der Waals surface area contributed by atoms with Gasteiger partial charge in [0.1, 0.15) is 0 Å². The third-order valence-electron chi connectivity index (χ3n) is 4.23. The van der Waals surface area contributed by atoms with E-state index in [1.165, 1.54) is 23.8 Å². The second-order valence-electron chi connectivity index (χ2n) is 5.60. The highest BCUT2D eigenvalue weighted by molar-refractivity contribution is 5.83. The van der Waals surface area contributed by atoms with Gasteiger partial charge in [-0.05, 0) is 24.5 Å². The molecule has 2 N–H and O–H groups in total. The van der Waals surface area contributed by atoms with Crippen LogP contribution in [0, 0.1) is 0 Å². The van der Waals surface area contributed by atoms with Crippen LogP contribution < -0.4 is 0 Å². The molecule has 1 aromatic heterocycles. The molecule has 20 heavy (non-hydrogen) atoms. The summed E-state index contributed by atoms with van der Waals surface area (Å²) in [4.78, 5) is 16.5. The van der Waals surface area contributed by atoms with Crippen molar-refractivity contribution in [3.05, 3.63) is 36.0 Å². The summed E-state index contributed by atoms with van der Waals surface area (Å²) in [7, 11) is 0. The third kappa shape index (κ3) is 2.70. The van der Waals surface area contributed by atoms with Crippen LogP contribution in [0.1, 0.15) is 31.2 Å². The van der Waals surface area contributed by atoms with Crippen LogP contribution in [0.5, 0.6) is 0 Å². The second-order valence-corrected chi connectivity index (χ2v) is 5.60. The Balaban J connectivity index is 1.83. The summed E-state index contributed by atoms with van der Waals surface area (Å²) in [6, 6.07) is 8.59. The molecule has 1 saturated carbocycles. The van der Waals surface area contributed by atoms with Gasteiger partial charge < -0.3 is 10.1 Å². The highest BCUT2D eigenvalue weighted by Gasteiger charge is 2.24. The Labute approximate surface area is 118 Å². The van der Waals surface area contributed by atoms with Gasteiger partial charge in [0, 0.05) is 29.7 Å². The zero-order valence-corrected chi connectivity index (χ0v) is 11.5. The predicted molar refractivity (Wildman–Crippen MR) is 78.6 cm³/mol. The highest BCUT2D eigenvalue weighted by Crippen LogP contribution is 2.26. The standard InChI is InChI=1S/C16H20N2O2/c19-16(20)11-18(13-5-1-2-6-13)10-12-9-17-15-8-4-3-7-14(12)15/h3-4,7-9,13,17H,1-2,5-6,10-11H2,(H,19,20). The summed E-state index contributed by atoms with van der Waals surface area (Å²) in [5.41, 5.74) is 2.30. The van der Waals surface area contributed by atoms with Crippen LogP contribution in [0.4, 0.5) is 0 Å². The summed E-state index contributed by atoms with van der Waals surface area (Å²) in [5.74, 6) is -0.739. The Morgan fingerprint density at radius 2 is 2.05 bits per heavy atom. The number of aromatic amines is 1. The number of nitrogens with zero attached hydrogens (tertiary/aromatic N) is 1. The molecule has 1 fully saturated rings. The molecule has 0 unspecified atom stereocenters. The molecule has 1 aliphatic carbocycles. The topological polar surface area (TPSA) is 56.3 Å². The Morgan fingerprint density at radius 1 is 1.30 bits per heavy atom. The van der Waals surface area contributed by atoms with E-state index in [4.69, 9.17) is 5.11 Å². The van der Waals surface area contributed by atoms with Crippen molar-refractivity contribution in [3.8, 4) is 0 Å². The maximum atomic E-state index is 11.1. The molecule has 1 aromatic carbocycles. The van der Waals surface area contributed by atoms with Gasteiger partial charge in [-0.25, -0.2) is 0 Å². The molecule has 0 amide bonds. The molecule has 106 valence electrons. The smallest absolute Gasteiger partial charge is 0.317 e. The van der Waals surface area contributed by atoms with Gasteiger partial charge in [0.05, 0.1) is 6.54 Å². The van der Waals surface area contributed by atoms with Crippen molar-refractivity contribution < 1.29 is 9.90 Å². The maximum Gasteiger partial charge on any atom is 0.317 e. The zero-order chi connectivity index (χ0) is 13.9. The number of para-hydroxylation sites is 1. The molecule has 0 atom stereocenters. The Hall–Kier alpha value is -1.81. The average Bonchev–Trinajstić information content (AvgIpc) is 3.07. The number of nitrogens with one attached hydrogen (secondary N) is 1. The minimum absolute atomic E-state index is 0.129. The van der Waals surface area contributed by atoms with E-state index in [2.05, 4.69) is 22.0 Å². The van der Waals surface area contributed by atoms with E-state index in [1.54, 1.807) is 0 Å². The van der Waals surface area contributed by atoms with E-state index < -0.39 is 5.97 Å². The van der Waals surface area contributed by atoms with Crippen LogP contribution in [0.2, 0.25) is 0 Å². The summed E-state index contributed by atoms with van der Waals surface area (Å²) in [6.45, 7) is 0.838. The fraction of sp³-hybridized carbons (Fsp3) is 0.438. The van der Waals surface area contributed by atoms with E-state index in [9.17, 15) is 4.79 Å². The fourth-order valence-electron chi connectivity index (χ4n) is 3.24. The average molecular weight is 272 g/mol. The first-order chi connectivity index (χ1) is 9.74. The number of aromatic nitrogens is 1. The minimum atomic E-state index is -0.739. The lowest BCUT2D eigenvalue weighted by atomic mass is 10.1. The number of carboxylic acids is 1.